The fraction of sp³-hybridized carbons (Fsp3) is 0.294. The fourth-order valence-electron chi connectivity index (χ4n) is 2.90. The number of halogens is 1. The predicted octanol–water partition coefficient (Wildman–Crippen LogP) is 4.15. The zero-order valence-corrected chi connectivity index (χ0v) is 16.2. The van der Waals surface area contributed by atoms with Gasteiger partial charge in [0.2, 0.25) is 0 Å². The molecule has 0 amide bonds. The van der Waals surface area contributed by atoms with E-state index in [9.17, 15) is 0 Å². The Morgan fingerprint density at radius 1 is 1.13 bits per heavy atom. The van der Waals surface area contributed by atoms with Gasteiger partial charge in [-0.2, -0.15) is 5.10 Å². The van der Waals surface area contributed by atoms with E-state index in [0.717, 1.165) is 13.3 Å². The zero-order valence-electron chi connectivity index (χ0n) is 13.9. The van der Waals surface area contributed by atoms with Gasteiger partial charge in [-0.25, -0.2) is 0 Å². The van der Waals surface area contributed by atoms with Gasteiger partial charge in [-0.15, -0.1) is 0 Å². The molecule has 0 N–H and O–H groups in total. The first-order valence-electron chi connectivity index (χ1n) is 7.00. The maximum atomic E-state index is 4.49. The normalized spacial score (nSPS) is 12.8. The molecule has 2 heterocycles. The van der Waals surface area contributed by atoms with Crippen LogP contribution in [0.4, 0.5) is 5.69 Å². The number of aromatic nitrogens is 2. The number of rotatable bonds is 3. The van der Waals surface area contributed by atoms with E-state index in [-0.39, 0.29) is 7.43 Å². The minimum absolute atomic E-state index is 0. The van der Waals surface area contributed by atoms with E-state index >= 15 is 0 Å². The predicted molar refractivity (Wildman–Crippen MR) is 93.5 cm³/mol. The van der Waals surface area contributed by atoms with Crippen LogP contribution in [0.25, 0.3) is 0 Å². The Labute approximate surface area is 154 Å². The third-order valence-electron chi connectivity index (χ3n) is 3.60. The van der Waals surface area contributed by atoms with Gasteiger partial charge >= 0.3 is 27.7 Å². The van der Waals surface area contributed by atoms with Crippen molar-refractivity contribution in [3.05, 3.63) is 67.1 Å². The molecule has 2 aromatic rings. The monoisotopic (exact) mass is 424 g/mol. The Morgan fingerprint density at radius 2 is 1.78 bits per heavy atom. The van der Waals surface area contributed by atoms with Crippen LogP contribution >= 0.6 is 9.53 Å². The molecule has 0 saturated carbocycles. The van der Waals surface area contributed by atoms with E-state index in [1.165, 1.54) is 22.4 Å². The van der Waals surface area contributed by atoms with E-state index in [4.69, 9.17) is 0 Å². The number of anilines is 1. The summed E-state index contributed by atoms with van der Waals surface area (Å²) in [4.78, 5) is 4.54. The van der Waals surface area contributed by atoms with Crippen LogP contribution in [-0.4, -0.2) is 21.3 Å². The Bertz CT molecular complexity index is 617. The molecular formula is C17H23ClN4Pd. The van der Waals surface area contributed by atoms with Gasteiger partial charge in [-0.3, -0.25) is 4.68 Å². The fourth-order valence-corrected chi connectivity index (χ4v) is 2.90. The van der Waals surface area contributed by atoms with Gasteiger partial charge in [0, 0.05) is 30.5 Å². The van der Waals surface area contributed by atoms with Gasteiger partial charge in [0.25, 0.3) is 0 Å². The second-order valence-electron chi connectivity index (χ2n) is 5.43. The first kappa shape index (κ1) is 19.8. The molecule has 3 rings (SSSR count). The van der Waals surface area contributed by atoms with Crippen LogP contribution in [0.2, 0.25) is 0 Å². The third-order valence-corrected chi connectivity index (χ3v) is 3.60. The Kier molecular flexibility index (Phi) is 7.84. The van der Waals surface area contributed by atoms with E-state index in [1.54, 1.807) is 0 Å². The molecule has 0 radical (unpaired) electrons. The van der Waals surface area contributed by atoms with Crippen molar-refractivity contribution in [1.82, 2.24) is 14.7 Å². The zero-order chi connectivity index (χ0) is 16.1. The van der Waals surface area contributed by atoms with Gasteiger partial charge in [0.05, 0.1) is 6.67 Å². The molecule has 0 aliphatic carbocycles. The molecule has 0 atom stereocenters. The quantitative estimate of drug-likeness (QED) is 0.546. The molecule has 0 bridgehead atoms. The summed E-state index contributed by atoms with van der Waals surface area (Å²) >= 11 is 2.22. The van der Waals surface area contributed by atoms with Crippen molar-refractivity contribution >= 4 is 15.2 Å². The van der Waals surface area contributed by atoms with Gasteiger partial charge in [0.1, 0.15) is 6.67 Å². The summed E-state index contributed by atoms with van der Waals surface area (Å²) in [5.41, 5.74) is 5.29. The molecule has 0 spiro atoms. The second-order valence-corrected chi connectivity index (χ2v) is 5.43. The molecule has 1 aromatic heterocycles. The summed E-state index contributed by atoms with van der Waals surface area (Å²) in [6.45, 7) is 8.15. The topological polar surface area (TPSA) is 24.3 Å². The van der Waals surface area contributed by atoms with Gasteiger partial charge < -0.3 is 17.2 Å². The molecule has 0 fully saturated rings. The maximum absolute atomic E-state index is 4.49. The second kappa shape index (κ2) is 9.12. The summed E-state index contributed by atoms with van der Waals surface area (Å²) in [7, 11) is 4.49. The van der Waals surface area contributed by atoms with Gasteiger partial charge in [-0.1, -0.05) is 17.7 Å². The van der Waals surface area contributed by atoms with Crippen molar-refractivity contribution in [2.75, 3.05) is 11.6 Å². The summed E-state index contributed by atoms with van der Waals surface area (Å²) < 4.78 is 1.93. The number of hydrogen-bond acceptors (Lipinski definition) is 3. The minimum atomic E-state index is 0. The summed E-state index contributed by atoms with van der Waals surface area (Å²) in [5.74, 6) is 0. The van der Waals surface area contributed by atoms with Crippen molar-refractivity contribution < 1.29 is 18.2 Å². The first-order valence-corrected chi connectivity index (χ1v) is 9.00. The van der Waals surface area contributed by atoms with Crippen LogP contribution in [0.3, 0.4) is 0 Å². The van der Waals surface area contributed by atoms with Crippen LogP contribution in [0.1, 0.15) is 16.7 Å². The van der Waals surface area contributed by atoms with Crippen LogP contribution < -0.4 is 4.90 Å². The average molecular weight is 425 g/mol. The Balaban J connectivity index is 0.000000849. The van der Waals surface area contributed by atoms with Crippen molar-refractivity contribution in [2.45, 2.75) is 27.4 Å². The average Bonchev–Trinajstić information content (AvgIpc) is 3.13. The van der Waals surface area contributed by atoms with Crippen molar-refractivity contribution in [3.8, 4) is 0 Å². The van der Waals surface area contributed by atoms with Gasteiger partial charge in [0.15, 0.2) is 0 Å². The van der Waals surface area contributed by atoms with E-state index in [2.05, 4.69) is 87.9 Å². The summed E-state index contributed by atoms with van der Waals surface area (Å²) in [6, 6.07) is 6.44. The summed E-state index contributed by atoms with van der Waals surface area (Å²) in [5, 5.41) is 4.25. The molecule has 1 aromatic carbocycles. The molecule has 23 heavy (non-hydrogen) atoms. The van der Waals surface area contributed by atoms with E-state index in [0.29, 0.717) is 0 Å². The van der Waals surface area contributed by atoms with E-state index in [1.807, 2.05) is 23.1 Å². The number of aryl methyl sites for hydroxylation is 3. The van der Waals surface area contributed by atoms with Crippen molar-refractivity contribution in [1.29, 1.82) is 0 Å². The van der Waals surface area contributed by atoms with Crippen LogP contribution in [0, 0.1) is 28.2 Å². The standard InChI is InChI=1S/C16H20N4.CH3.ClH.Pd/c1-13-9-14(2)16(15(3)10-13)19-8-7-18(11-19)12-20-6-4-5-17-20;;;/h4-10H,11-12H2,1-3H3;1H3;1H;/q;-1;;+2/p-1. The third kappa shape index (κ3) is 4.84. The molecule has 1 aliphatic heterocycles. The van der Waals surface area contributed by atoms with Crippen LogP contribution in [0.15, 0.2) is 43.0 Å². The molecule has 6 heteroatoms. The molecule has 4 nitrogen and oxygen atoms in total. The van der Waals surface area contributed by atoms with Crippen LogP contribution in [0.5, 0.6) is 0 Å². The molecular weight excluding hydrogens is 402 g/mol. The molecule has 0 saturated heterocycles. The van der Waals surface area contributed by atoms with Gasteiger partial charge in [-0.05, 0) is 38.0 Å². The number of benzene rings is 1. The van der Waals surface area contributed by atoms with Crippen LogP contribution in [-0.2, 0) is 24.8 Å². The summed E-state index contributed by atoms with van der Waals surface area (Å²) in [6.07, 6.45) is 8.07. The Hall–Kier alpha value is -1.28. The number of hydrogen-bond donors (Lipinski definition) is 0. The molecule has 0 unspecified atom stereocenters. The molecule has 128 valence electrons. The van der Waals surface area contributed by atoms with E-state index < -0.39 is 0 Å². The SMILES string of the molecule is Cc1cc(C)c(N2C=CN(Cn3cccn3)C2)c(C)c1.[CH3-].[Cl][Pd+]. The number of nitrogens with zero attached hydrogens (tertiary/aromatic N) is 4. The first-order chi connectivity index (χ1) is 10.6. The van der Waals surface area contributed by atoms with Crippen molar-refractivity contribution in [3.63, 3.8) is 0 Å². The van der Waals surface area contributed by atoms with Crippen molar-refractivity contribution in [2.24, 2.45) is 0 Å². The molecule has 1 aliphatic rings. The Morgan fingerprint density at radius 3 is 2.35 bits per heavy atom.